The minimum atomic E-state index is -0.610. The van der Waals surface area contributed by atoms with Gasteiger partial charge in [-0.3, -0.25) is 19.5 Å². The summed E-state index contributed by atoms with van der Waals surface area (Å²) in [6.07, 6.45) is 1.55. The number of carbonyl (C=O) groups excluding carboxylic acids is 1. The van der Waals surface area contributed by atoms with Gasteiger partial charge in [-0.1, -0.05) is 41.6 Å². The highest BCUT2D eigenvalue weighted by Gasteiger charge is 2.23. The van der Waals surface area contributed by atoms with Gasteiger partial charge >= 0.3 is 0 Å². The molecule has 162 valence electrons. The summed E-state index contributed by atoms with van der Waals surface area (Å²) in [6.45, 7) is 1.70. The first-order chi connectivity index (χ1) is 15.4. The molecule has 0 bridgehead atoms. The number of thioether (sulfide) groups is 1. The van der Waals surface area contributed by atoms with E-state index in [2.05, 4.69) is 15.5 Å². The quantitative estimate of drug-likeness (QED) is 0.224. The van der Waals surface area contributed by atoms with E-state index in [1.54, 1.807) is 29.9 Å². The Morgan fingerprint density at radius 1 is 1.19 bits per heavy atom. The molecule has 0 radical (unpaired) electrons. The first kappa shape index (κ1) is 21.6. The summed E-state index contributed by atoms with van der Waals surface area (Å²) in [5.41, 5.74) is 0.803. The number of aromatic nitrogens is 3. The van der Waals surface area contributed by atoms with Crippen LogP contribution in [0.5, 0.6) is 0 Å². The highest BCUT2D eigenvalue weighted by Crippen LogP contribution is 2.32. The fraction of sp³-hybridized carbons (Fsp3) is 0.0952. The standard InChI is InChI=1S/C21H16ClN5O4S/c1-13(20(28)23-17-12-15(27(29)30)9-10-16(17)22)32-21-25-24-19(18-8-5-11-31-18)26(21)14-6-3-2-4-7-14/h2-13H,1H3,(H,23,28)/t13-/m1/s1. The van der Waals surface area contributed by atoms with Gasteiger partial charge in [-0.25, -0.2) is 0 Å². The largest absolute Gasteiger partial charge is 0.461 e. The van der Waals surface area contributed by atoms with Crippen LogP contribution in [-0.2, 0) is 4.79 Å². The molecule has 0 aliphatic heterocycles. The Bertz CT molecular complexity index is 1260. The molecule has 11 heteroatoms. The molecule has 4 rings (SSSR count). The van der Waals surface area contributed by atoms with Crippen LogP contribution in [-0.4, -0.2) is 30.8 Å². The molecule has 4 aromatic rings. The summed E-state index contributed by atoms with van der Waals surface area (Å²) in [5.74, 6) is 0.645. The van der Waals surface area contributed by atoms with Crippen LogP contribution in [0.25, 0.3) is 17.3 Å². The topological polar surface area (TPSA) is 116 Å². The van der Waals surface area contributed by atoms with Gasteiger partial charge in [0.05, 0.1) is 27.1 Å². The van der Waals surface area contributed by atoms with Gasteiger partial charge in [0.25, 0.3) is 5.69 Å². The average Bonchev–Trinajstić information content (AvgIpc) is 3.45. The maximum Gasteiger partial charge on any atom is 0.271 e. The third kappa shape index (κ3) is 4.51. The summed E-state index contributed by atoms with van der Waals surface area (Å²) in [5, 5.41) is 22.2. The van der Waals surface area contributed by atoms with E-state index in [0.717, 1.165) is 5.69 Å². The van der Waals surface area contributed by atoms with Gasteiger partial charge in [-0.05, 0) is 37.3 Å². The number of para-hydroxylation sites is 1. The summed E-state index contributed by atoms with van der Waals surface area (Å²) in [4.78, 5) is 23.3. The lowest BCUT2D eigenvalue weighted by atomic mass is 10.2. The number of hydrogen-bond acceptors (Lipinski definition) is 7. The van der Waals surface area contributed by atoms with E-state index in [1.165, 1.54) is 30.0 Å². The zero-order valence-electron chi connectivity index (χ0n) is 16.6. The minimum absolute atomic E-state index is 0.166. The van der Waals surface area contributed by atoms with Crippen molar-refractivity contribution in [2.75, 3.05) is 5.32 Å². The molecule has 0 saturated heterocycles. The maximum absolute atomic E-state index is 12.8. The van der Waals surface area contributed by atoms with E-state index < -0.39 is 10.2 Å². The summed E-state index contributed by atoms with van der Waals surface area (Å²) in [7, 11) is 0. The van der Waals surface area contributed by atoms with Gasteiger partial charge in [0, 0.05) is 17.8 Å². The van der Waals surface area contributed by atoms with Crippen molar-refractivity contribution in [1.82, 2.24) is 14.8 Å². The fourth-order valence-corrected chi connectivity index (χ4v) is 3.92. The summed E-state index contributed by atoms with van der Waals surface area (Å²) in [6, 6.07) is 16.9. The van der Waals surface area contributed by atoms with Crippen molar-refractivity contribution >= 4 is 40.6 Å². The van der Waals surface area contributed by atoms with Gasteiger partial charge < -0.3 is 9.73 Å². The van der Waals surface area contributed by atoms with E-state index in [9.17, 15) is 14.9 Å². The number of non-ortho nitro benzene ring substituents is 1. The molecule has 0 aliphatic rings. The monoisotopic (exact) mass is 469 g/mol. The highest BCUT2D eigenvalue weighted by atomic mass is 35.5. The van der Waals surface area contributed by atoms with E-state index in [-0.39, 0.29) is 22.3 Å². The lowest BCUT2D eigenvalue weighted by Gasteiger charge is -2.14. The van der Waals surface area contributed by atoms with Crippen LogP contribution in [0.2, 0.25) is 5.02 Å². The number of benzene rings is 2. The number of amides is 1. The molecule has 2 aromatic carbocycles. The molecule has 2 heterocycles. The number of nitrogens with one attached hydrogen (secondary N) is 1. The molecule has 0 spiro atoms. The third-order valence-electron chi connectivity index (χ3n) is 4.46. The molecule has 9 nitrogen and oxygen atoms in total. The van der Waals surface area contributed by atoms with E-state index in [1.807, 2.05) is 30.3 Å². The second-order valence-electron chi connectivity index (χ2n) is 6.63. The smallest absolute Gasteiger partial charge is 0.271 e. The zero-order valence-corrected chi connectivity index (χ0v) is 18.2. The van der Waals surface area contributed by atoms with E-state index >= 15 is 0 Å². The first-order valence-corrected chi connectivity index (χ1v) is 10.7. The van der Waals surface area contributed by atoms with Crippen LogP contribution in [0.1, 0.15) is 6.92 Å². The van der Waals surface area contributed by atoms with Gasteiger partial charge in [0.15, 0.2) is 10.9 Å². The number of nitrogens with zero attached hydrogens (tertiary/aromatic N) is 4. The molecule has 0 saturated carbocycles. The Morgan fingerprint density at radius 2 is 1.97 bits per heavy atom. The first-order valence-electron chi connectivity index (χ1n) is 9.40. The second kappa shape index (κ2) is 9.25. The van der Waals surface area contributed by atoms with Gasteiger partial charge in [-0.15, -0.1) is 10.2 Å². The minimum Gasteiger partial charge on any atom is -0.461 e. The number of halogens is 1. The van der Waals surface area contributed by atoms with Crippen molar-refractivity contribution < 1.29 is 14.1 Å². The molecular weight excluding hydrogens is 454 g/mol. The normalized spacial score (nSPS) is 11.8. The van der Waals surface area contributed by atoms with Crippen LogP contribution in [0.4, 0.5) is 11.4 Å². The number of rotatable bonds is 7. The number of nitro benzene ring substituents is 1. The van der Waals surface area contributed by atoms with Crippen molar-refractivity contribution in [3.63, 3.8) is 0 Å². The average molecular weight is 470 g/mol. The maximum atomic E-state index is 12.8. The number of furan rings is 1. The predicted octanol–water partition coefficient (Wildman–Crippen LogP) is 5.21. The molecule has 1 N–H and O–H groups in total. The zero-order chi connectivity index (χ0) is 22.7. The molecule has 32 heavy (non-hydrogen) atoms. The van der Waals surface area contributed by atoms with Crippen LogP contribution in [0.15, 0.2) is 76.5 Å². The lowest BCUT2D eigenvalue weighted by Crippen LogP contribution is -2.23. The molecule has 0 aliphatic carbocycles. The summed E-state index contributed by atoms with van der Waals surface area (Å²) >= 11 is 7.28. The number of nitro groups is 1. The van der Waals surface area contributed by atoms with E-state index in [0.29, 0.717) is 16.7 Å². The predicted molar refractivity (Wildman–Crippen MR) is 121 cm³/mol. The molecule has 1 atom stereocenters. The molecule has 1 amide bonds. The molecule has 2 aromatic heterocycles. The number of hydrogen-bond donors (Lipinski definition) is 1. The molecule has 0 fully saturated rings. The van der Waals surface area contributed by atoms with Crippen molar-refractivity contribution in [1.29, 1.82) is 0 Å². The Morgan fingerprint density at radius 3 is 2.66 bits per heavy atom. The van der Waals surface area contributed by atoms with Gasteiger partial charge in [0.1, 0.15) is 0 Å². The molecular formula is C21H16ClN5O4S. The Labute approximate surface area is 191 Å². The summed E-state index contributed by atoms with van der Waals surface area (Å²) < 4.78 is 7.29. The van der Waals surface area contributed by atoms with Crippen LogP contribution in [0.3, 0.4) is 0 Å². The van der Waals surface area contributed by atoms with Crippen molar-refractivity contribution in [3.05, 3.63) is 82.1 Å². The van der Waals surface area contributed by atoms with Crippen molar-refractivity contribution in [2.24, 2.45) is 0 Å². The highest BCUT2D eigenvalue weighted by molar-refractivity contribution is 8.00. The van der Waals surface area contributed by atoms with Gasteiger partial charge in [-0.2, -0.15) is 0 Å². The SMILES string of the molecule is C[C@@H](Sc1nnc(-c2ccco2)n1-c1ccccc1)C(=O)Nc1cc([N+](=O)[O-])ccc1Cl. The Hall–Kier alpha value is -3.63. The van der Waals surface area contributed by atoms with Crippen LogP contribution in [0, 0.1) is 10.1 Å². The van der Waals surface area contributed by atoms with Crippen molar-refractivity contribution in [3.8, 4) is 17.3 Å². The third-order valence-corrected chi connectivity index (χ3v) is 5.83. The Kier molecular flexibility index (Phi) is 6.24. The van der Waals surface area contributed by atoms with E-state index in [4.69, 9.17) is 16.0 Å². The number of anilines is 1. The van der Waals surface area contributed by atoms with Gasteiger partial charge in [0.2, 0.25) is 11.7 Å². The van der Waals surface area contributed by atoms with Crippen LogP contribution >= 0.6 is 23.4 Å². The fourth-order valence-electron chi connectivity index (χ4n) is 2.89. The van der Waals surface area contributed by atoms with Crippen LogP contribution < -0.4 is 5.32 Å². The number of carbonyl (C=O) groups is 1. The van der Waals surface area contributed by atoms with Crippen molar-refractivity contribution in [2.45, 2.75) is 17.3 Å². The second-order valence-corrected chi connectivity index (χ2v) is 8.34. The Balaban J connectivity index is 1.60. The lowest BCUT2D eigenvalue weighted by molar-refractivity contribution is -0.384. The molecule has 0 unspecified atom stereocenters.